The Bertz CT molecular complexity index is 1300. The fourth-order valence-corrected chi connectivity index (χ4v) is 3.41. The first-order chi connectivity index (χ1) is 15.1. The molecule has 31 heavy (non-hydrogen) atoms. The molecule has 0 atom stereocenters. The zero-order valence-corrected chi connectivity index (χ0v) is 17.7. The Kier molecular flexibility index (Phi) is 5.48. The van der Waals surface area contributed by atoms with Crippen molar-refractivity contribution in [3.63, 3.8) is 0 Å². The Morgan fingerprint density at radius 3 is 2.48 bits per heavy atom. The maximum absolute atomic E-state index is 13.2. The zero-order chi connectivity index (χ0) is 22.0. The van der Waals surface area contributed by atoms with Crippen molar-refractivity contribution in [2.24, 2.45) is 0 Å². The van der Waals surface area contributed by atoms with Gasteiger partial charge in [0.1, 0.15) is 11.3 Å². The molecular formula is C22H22N4O5. The summed E-state index contributed by atoms with van der Waals surface area (Å²) in [5.74, 6) is 1.88. The van der Waals surface area contributed by atoms with Gasteiger partial charge in [0.05, 0.1) is 58.6 Å². The van der Waals surface area contributed by atoms with Crippen molar-refractivity contribution in [3.05, 3.63) is 65.0 Å². The van der Waals surface area contributed by atoms with Crippen LogP contribution in [0.2, 0.25) is 0 Å². The van der Waals surface area contributed by atoms with Gasteiger partial charge >= 0.3 is 0 Å². The van der Waals surface area contributed by atoms with Gasteiger partial charge in [-0.05, 0) is 18.2 Å². The van der Waals surface area contributed by atoms with Gasteiger partial charge < -0.3 is 18.9 Å². The summed E-state index contributed by atoms with van der Waals surface area (Å²) in [4.78, 5) is 17.6. The van der Waals surface area contributed by atoms with Crippen LogP contribution in [0.4, 0.5) is 0 Å². The van der Waals surface area contributed by atoms with E-state index in [2.05, 4.69) is 10.1 Å². The minimum Gasteiger partial charge on any atom is -0.497 e. The van der Waals surface area contributed by atoms with Gasteiger partial charge in [0.15, 0.2) is 11.5 Å². The molecule has 9 nitrogen and oxygen atoms in total. The zero-order valence-electron chi connectivity index (χ0n) is 17.7. The topological polar surface area (TPSA) is 89.6 Å². The molecule has 9 heteroatoms. The van der Waals surface area contributed by atoms with Crippen molar-refractivity contribution >= 4 is 10.9 Å². The molecule has 4 aromatic rings. The molecule has 0 saturated carbocycles. The van der Waals surface area contributed by atoms with E-state index in [1.165, 1.54) is 32.2 Å². The van der Waals surface area contributed by atoms with E-state index in [4.69, 9.17) is 18.9 Å². The molecule has 2 heterocycles. The van der Waals surface area contributed by atoms with Crippen LogP contribution in [0.5, 0.6) is 23.0 Å². The highest BCUT2D eigenvalue weighted by Gasteiger charge is 2.19. The molecule has 0 aliphatic rings. The van der Waals surface area contributed by atoms with Gasteiger partial charge in [-0.2, -0.15) is 5.10 Å². The molecule has 0 fully saturated rings. The van der Waals surface area contributed by atoms with E-state index in [0.717, 1.165) is 17.0 Å². The van der Waals surface area contributed by atoms with Crippen LogP contribution < -0.4 is 24.5 Å². The Morgan fingerprint density at radius 2 is 1.77 bits per heavy atom. The second kappa shape index (κ2) is 8.39. The predicted molar refractivity (Wildman–Crippen MR) is 115 cm³/mol. The molecule has 2 aromatic carbocycles. The molecule has 0 N–H and O–H groups in total. The molecule has 0 aliphatic heterocycles. The van der Waals surface area contributed by atoms with Crippen molar-refractivity contribution in [2.75, 3.05) is 28.4 Å². The van der Waals surface area contributed by atoms with Gasteiger partial charge in [0.25, 0.3) is 5.56 Å². The maximum atomic E-state index is 13.2. The van der Waals surface area contributed by atoms with E-state index < -0.39 is 0 Å². The molecule has 0 radical (unpaired) electrons. The molecule has 0 amide bonds. The van der Waals surface area contributed by atoms with E-state index in [1.54, 1.807) is 24.1 Å². The molecule has 0 spiro atoms. The smallest absolute Gasteiger partial charge is 0.261 e. The summed E-state index contributed by atoms with van der Waals surface area (Å²) in [5.41, 5.74) is 1.89. The quantitative estimate of drug-likeness (QED) is 0.452. The average Bonchev–Trinajstić information content (AvgIpc) is 3.28. The van der Waals surface area contributed by atoms with E-state index >= 15 is 0 Å². The Balaban J connectivity index is 1.72. The van der Waals surface area contributed by atoms with E-state index in [9.17, 15) is 4.79 Å². The third-order valence-corrected chi connectivity index (χ3v) is 4.93. The molecule has 2 aromatic heterocycles. The molecule has 0 bridgehead atoms. The summed E-state index contributed by atoms with van der Waals surface area (Å²) < 4.78 is 24.7. The second-order valence-corrected chi connectivity index (χ2v) is 6.71. The number of ether oxygens (including phenoxy) is 4. The van der Waals surface area contributed by atoms with Crippen LogP contribution in [-0.2, 0) is 6.54 Å². The fraction of sp³-hybridized carbons (Fsp3) is 0.227. The summed E-state index contributed by atoms with van der Waals surface area (Å²) in [6.07, 6.45) is 5.06. The van der Waals surface area contributed by atoms with Gasteiger partial charge in [-0.1, -0.05) is 6.07 Å². The lowest BCUT2D eigenvalue weighted by Gasteiger charge is -2.14. The lowest BCUT2D eigenvalue weighted by Crippen LogP contribution is -2.21. The lowest BCUT2D eigenvalue weighted by atomic mass is 10.2. The number of hydrogen-bond acceptors (Lipinski definition) is 7. The van der Waals surface area contributed by atoms with Crippen LogP contribution in [-0.4, -0.2) is 47.8 Å². The van der Waals surface area contributed by atoms with Crippen molar-refractivity contribution < 1.29 is 18.9 Å². The average molecular weight is 422 g/mol. The highest BCUT2D eigenvalue weighted by Crippen LogP contribution is 2.41. The minimum atomic E-state index is -0.224. The molecule has 160 valence electrons. The van der Waals surface area contributed by atoms with Crippen LogP contribution in [0.25, 0.3) is 16.6 Å². The molecular weight excluding hydrogens is 400 g/mol. The van der Waals surface area contributed by atoms with E-state index in [0.29, 0.717) is 34.7 Å². The summed E-state index contributed by atoms with van der Waals surface area (Å²) >= 11 is 0. The van der Waals surface area contributed by atoms with Crippen LogP contribution in [0, 0.1) is 0 Å². The van der Waals surface area contributed by atoms with Crippen LogP contribution in [0.15, 0.2) is 53.8 Å². The Morgan fingerprint density at radius 1 is 0.968 bits per heavy atom. The van der Waals surface area contributed by atoms with Crippen molar-refractivity contribution in [3.8, 4) is 28.7 Å². The summed E-state index contributed by atoms with van der Waals surface area (Å²) in [6.45, 7) is 0.308. The first-order valence-corrected chi connectivity index (χ1v) is 9.45. The van der Waals surface area contributed by atoms with Gasteiger partial charge in [-0.25, -0.2) is 9.67 Å². The van der Waals surface area contributed by atoms with Crippen molar-refractivity contribution in [2.45, 2.75) is 6.54 Å². The second-order valence-electron chi connectivity index (χ2n) is 6.71. The minimum absolute atomic E-state index is 0.224. The SMILES string of the molecule is COc1cccc(-n2cc(Cn3cnc4c(OC)c(OC)c(OC)cc4c3=O)cn2)c1. The third-order valence-electron chi connectivity index (χ3n) is 4.93. The Hall–Kier alpha value is -4.01. The standard InChI is InChI=1S/C22H22N4O5/c1-28-16-7-5-6-15(8-16)26-12-14(10-24-26)11-25-13-23-19-17(22(25)27)9-18(29-2)20(30-3)21(19)31-4/h5-10,12-13H,11H2,1-4H3. The van der Waals surface area contributed by atoms with Crippen molar-refractivity contribution in [1.29, 1.82) is 0 Å². The molecule has 0 unspecified atom stereocenters. The number of hydrogen-bond donors (Lipinski definition) is 0. The number of nitrogens with zero attached hydrogens (tertiary/aromatic N) is 4. The van der Waals surface area contributed by atoms with Crippen LogP contribution in [0.1, 0.15) is 5.56 Å². The molecule has 4 rings (SSSR count). The first-order valence-electron chi connectivity index (χ1n) is 9.45. The molecule has 0 saturated heterocycles. The predicted octanol–water partition coefficient (Wildman–Crippen LogP) is 2.66. The van der Waals surface area contributed by atoms with Crippen LogP contribution in [0.3, 0.4) is 0 Å². The highest BCUT2D eigenvalue weighted by atomic mass is 16.5. The number of fused-ring (bicyclic) bond motifs is 1. The first kappa shape index (κ1) is 20.3. The van der Waals surface area contributed by atoms with Gasteiger partial charge in [0.2, 0.25) is 5.75 Å². The number of rotatable bonds is 7. The number of benzene rings is 2. The normalized spacial score (nSPS) is 10.8. The maximum Gasteiger partial charge on any atom is 0.261 e. The highest BCUT2D eigenvalue weighted by molar-refractivity contribution is 5.89. The number of aromatic nitrogens is 4. The fourth-order valence-electron chi connectivity index (χ4n) is 3.41. The monoisotopic (exact) mass is 422 g/mol. The summed E-state index contributed by atoms with van der Waals surface area (Å²) in [5, 5.41) is 4.77. The summed E-state index contributed by atoms with van der Waals surface area (Å²) in [6, 6.07) is 9.18. The Labute approximate surface area is 178 Å². The lowest BCUT2D eigenvalue weighted by molar-refractivity contribution is 0.326. The van der Waals surface area contributed by atoms with Gasteiger partial charge in [-0.15, -0.1) is 0 Å². The number of methoxy groups -OCH3 is 4. The third kappa shape index (κ3) is 3.65. The summed E-state index contributed by atoms with van der Waals surface area (Å²) in [7, 11) is 6.13. The largest absolute Gasteiger partial charge is 0.497 e. The van der Waals surface area contributed by atoms with E-state index in [1.807, 2.05) is 30.5 Å². The van der Waals surface area contributed by atoms with Crippen molar-refractivity contribution in [1.82, 2.24) is 19.3 Å². The molecule has 0 aliphatic carbocycles. The van der Waals surface area contributed by atoms with Gasteiger partial charge in [0, 0.05) is 17.8 Å². The van der Waals surface area contributed by atoms with E-state index in [-0.39, 0.29) is 5.56 Å². The van der Waals surface area contributed by atoms with Gasteiger partial charge in [-0.3, -0.25) is 9.36 Å². The van der Waals surface area contributed by atoms with Crippen LogP contribution >= 0.6 is 0 Å².